The molecular weight excluding hydrogens is 605 g/mol. The molecule has 0 fully saturated rings. The van der Waals surface area contributed by atoms with Gasteiger partial charge in [0.2, 0.25) is 5.91 Å². The first kappa shape index (κ1) is 31.5. The number of hydrogen-bond acceptors (Lipinski definition) is 7. The molecular formula is C35H32N4O4S2. The average molecular weight is 637 g/mol. The fourth-order valence-corrected chi connectivity index (χ4v) is 6.36. The molecule has 1 unspecified atom stereocenters. The molecule has 0 saturated carbocycles. The standard InChI is InChI=1S/C35H32N4O4S2/c1-4-30(34(42)39-35-38-28-18-17-26(43-3)21-31(28)45-35)44-27-16-10-15-25(20-27)36-33(41)29(19-24-14-9-8-11-22(24)2)37-32(40)23-12-6-5-7-13-23/h5-21,30H,4H2,1-3H3,(H,36,41)(H,37,40)(H,38,39,42)/b29-19-. The molecule has 5 aromatic rings. The monoisotopic (exact) mass is 636 g/mol. The molecule has 0 aliphatic heterocycles. The highest BCUT2D eigenvalue weighted by atomic mass is 32.2. The number of aromatic nitrogens is 1. The number of amides is 3. The summed E-state index contributed by atoms with van der Waals surface area (Å²) < 4.78 is 6.21. The Morgan fingerprint density at radius 3 is 2.47 bits per heavy atom. The van der Waals surface area contributed by atoms with Crippen LogP contribution in [-0.2, 0) is 9.59 Å². The van der Waals surface area contributed by atoms with Gasteiger partial charge in [-0.1, -0.05) is 66.8 Å². The number of thioether (sulfide) groups is 1. The summed E-state index contributed by atoms with van der Waals surface area (Å²) in [4.78, 5) is 45.1. The first-order valence-corrected chi connectivity index (χ1v) is 16.0. The number of benzene rings is 4. The van der Waals surface area contributed by atoms with Gasteiger partial charge in [0.1, 0.15) is 11.4 Å². The normalized spacial score (nSPS) is 11.9. The molecule has 45 heavy (non-hydrogen) atoms. The van der Waals surface area contributed by atoms with Crippen molar-refractivity contribution in [1.29, 1.82) is 0 Å². The minimum atomic E-state index is -0.470. The fourth-order valence-electron chi connectivity index (χ4n) is 4.45. The van der Waals surface area contributed by atoms with Gasteiger partial charge in [0.15, 0.2) is 5.13 Å². The second-order valence-electron chi connectivity index (χ2n) is 10.1. The summed E-state index contributed by atoms with van der Waals surface area (Å²) in [7, 11) is 1.61. The van der Waals surface area contributed by atoms with Crippen molar-refractivity contribution in [2.24, 2.45) is 0 Å². The van der Waals surface area contributed by atoms with Crippen molar-refractivity contribution in [3.05, 3.63) is 119 Å². The van der Waals surface area contributed by atoms with Gasteiger partial charge in [-0.25, -0.2) is 4.98 Å². The third kappa shape index (κ3) is 8.17. The maximum atomic E-state index is 13.5. The number of aryl methyl sites for hydroxylation is 1. The van der Waals surface area contributed by atoms with Crippen LogP contribution in [0.25, 0.3) is 16.3 Å². The number of nitrogens with one attached hydrogen (secondary N) is 3. The van der Waals surface area contributed by atoms with Crippen molar-refractivity contribution < 1.29 is 19.1 Å². The number of rotatable bonds is 11. The number of nitrogens with zero attached hydrogens (tertiary/aromatic N) is 1. The van der Waals surface area contributed by atoms with Crippen LogP contribution in [0.3, 0.4) is 0 Å². The molecule has 0 spiro atoms. The molecule has 8 nitrogen and oxygen atoms in total. The minimum Gasteiger partial charge on any atom is -0.497 e. The van der Waals surface area contributed by atoms with Gasteiger partial charge in [0.05, 0.1) is 22.6 Å². The quantitative estimate of drug-likeness (QED) is 0.102. The van der Waals surface area contributed by atoms with E-state index >= 15 is 0 Å². The Labute approximate surface area is 269 Å². The highest BCUT2D eigenvalue weighted by Gasteiger charge is 2.21. The molecule has 0 saturated heterocycles. The van der Waals surface area contributed by atoms with E-state index in [1.165, 1.54) is 23.1 Å². The Bertz CT molecular complexity index is 1870. The lowest BCUT2D eigenvalue weighted by atomic mass is 10.1. The van der Waals surface area contributed by atoms with Crippen LogP contribution in [0.15, 0.2) is 108 Å². The second kappa shape index (κ2) is 14.7. The van der Waals surface area contributed by atoms with E-state index in [2.05, 4.69) is 20.9 Å². The van der Waals surface area contributed by atoms with Crippen LogP contribution < -0.4 is 20.7 Å². The van der Waals surface area contributed by atoms with Crippen LogP contribution in [0.4, 0.5) is 10.8 Å². The van der Waals surface area contributed by atoms with E-state index in [0.717, 1.165) is 32.0 Å². The molecule has 1 heterocycles. The molecule has 3 N–H and O–H groups in total. The van der Waals surface area contributed by atoms with Gasteiger partial charge in [-0.3, -0.25) is 14.4 Å². The Hall–Kier alpha value is -4.93. The highest BCUT2D eigenvalue weighted by Crippen LogP contribution is 2.32. The summed E-state index contributed by atoms with van der Waals surface area (Å²) >= 11 is 2.79. The number of hydrogen-bond donors (Lipinski definition) is 3. The maximum Gasteiger partial charge on any atom is 0.272 e. The Morgan fingerprint density at radius 2 is 1.71 bits per heavy atom. The van der Waals surface area contributed by atoms with Crippen molar-refractivity contribution in [2.75, 3.05) is 17.7 Å². The van der Waals surface area contributed by atoms with Crippen LogP contribution in [0, 0.1) is 6.92 Å². The van der Waals surface area contributed by atoms with Crippen LogP contribution in [0.5, 0.6) is 5.75 Å². The lowest BCUT2D eigenvalue weighted by Crippen LogP contribution is -2.30. The lowest BCUT2D eigenvalue weighted by molar-refractivity contribution is -0.116. The van der Waals surface area contributed by atoms with E-state index in [0.29, 0.717) is 22.8 Å². The summed E-state index contributed by atoms with van der Waals surface area (Å²) in [6.07, 6.45) is 2.25. The van der Waals surface area contributed by atoms with Gasteiger partial charge in [-0.2, -0.15) is 0 Å². The third-order valence-corrected chi connectivity index (χ3v) is 9.17. The largest absolute Gasteiger partial charge is 0.497 e. The van der Waals surface area contributed by atoms with E-state index in [-0.39, 0.29) is 22.8 Å². The summed E-state index contributed by atoms with van der Waals surface area (Å²) in [5.74, 6) is -0.287. The highest BCUT2D eigenvalue weighted by molar-refractivity contribution is 8.00. The zero-order valence-electron chi connectivity index (χ0n) is 25.0. The molecule has 0 aliphatic carbocycles. The van der Waals surface area contributed by atoms with Gasteiger partial charge in [-0.15, -0.1) is 11.8 Å². The molecule has 228 valence electrons. The smallest absolute Gasteiger partial charge is 0.272 e. The van der Waals surface area contributed by atoms with Crippen molar-refractivity contribution in [1.82, 2.24) is 10.3 Å². The predicted molar refractivity (Wildman–Crippen MR) is 183 cm³/mol. The van der Waals surface area contributed by atoms with Gasteiger partial charge < -0.3 is 20.7 Å². The lowest BCUT2D eigenvalue weighted by Gasteiger charge is -2.15. The van der Waals surface area contributed by atoms with E-state index in [1.807, 2.05) is 80.6 Å². The van der Waals surface area contributed by atoms with E-state index < -0.39 is 5.91 Å². The SMILES string of the molecule is CCC(Sc1cccc(NC(=O)/C(=C/c2ccccc2C)NC(=O)c2ccccc2)c1)C(=O)Nc1nc2ccc(OC)cc2s1. The summed E-state index contributed by atoms with van der Waals surface area (Å²) in [5, 5.41) is 8.77. The Balaban J connectivity index is 1.30. The van der Waals surface area contributed by atoms with Gasteiger partial charge in [0, 0.05) is 16.1 Å². The topological polar surface area (TPSA) is 109 Å². The van der Waals surface area contributed by atoms with Crippen molar-refractivity contribution in [3.8, 4) is 5.75 Å². The number of carbonyl (C=O) groups is 3. The Kier molecular flexibility index (Phi) is 10.3. The van der Waals surface area contributed by atoms with Crippen LogP contribution in [-0.4, -0.2) is 35.1 Å². The van der Waals surface area contributed by atoms with Gasteiger partial charge >= 0.3 is 0 Å². The van der Waals surface area contributed by atoms with Gasteiger partial charge in [-0.05, 0) is 79.1 Å². The summed E-state index contributed by atoms with van der Waals surface area (Å²) in [5.41, 5.74) is 3.64. The summed E-state index contributed by atoms with van der Waals surface area (Å²) in [6, 6.07) is 29.2. The number of methoxy groups -OCH3 is 1. The van der Waals surface area contributed by atoms with E-state index in [4.69, 9.17) is 4.74 Å². The fraction of sp³-hybridized carbons (Fsp3) is 0.143. The first-order chi connectivity index (χ1) is 21.8. The molecule has 10 heteroatoms. The number of thiazole rings is 1. The van der Waals surface area contributed by atoms with Crippen LogP contribution >= 0.6 is 23.1 Å². The molecule has 5 rings (SSSR count). The maximum absolute atomic E-state index is 13.5. The van der Waals surface area contributed by atoms with E-state index in [9.17, 15) is 14.4 Å². The predicted octanol–water partition coefficient (Wildman–Crippen LogP) is 7.53. The van der Waals surface area contributed by atoms with Crippen molar-refractivity contribution in [2.45, 2.75) is 30.4 Å². The second-order valence-corrected chi connectivity index (χ2v) is 12.4. The molecule has 0 aliphatic rings. The molecule has 0 radical (unpaired) electrons. The third-order valence-electron chi connectivity index (χ3n) is 6.88. The number of ether oxygens (including phenoxy) is 1. The minimum absolute atomic E-state index is 0.107. The molecule has 1 aromatic heterocycles. The Morgan fingerprint density at radius 1 is 0.933 bits per heavy atom. The van der Waals surface area contributed by atoms with Crippen molar-refractivity contribution >= 4 is 67.9 Å². The summed E-state index contributed by atoms with van der Waals surface area (Å²) in [6.45, 7) is 3.89. The van der Waals surface area contributed by atoms with Crippen LogP contribution in [0.1, 0.15) is 34.8 Å². The zero-order chi connectivity index (χ0) is 31.8. The van der Waals surface area contributed by atoms with Crippen molar-refractivity contribution in [3.63, 3.8) is 0 Å². The van der Waals surface area contributed by atoms with E-state index in [1.54, 1.807) is 43.5 Å². The zero-order valence-corrected chi connectivity index (χ0v) is 26.6. The first-order valence-electron chi connectivity index (χ1n) is 14.3. The molecule has 3 amide bonds. The molecule has 0 bridgehead atoms. The number of fused-ring (bicyclic) bond motifs is 1. The molecule has 4 aromatic carbocycles. The average Bonchev–Trinajstić information content (AvgIpc) is 3.46. The van der Waals surface area contributed by atoms with Crippen LogP contribution in [0.2, 0.25) is 0 Å². The number of carbonyl (C=O) groups excluding carboxylic acids is 3. The number of anilines is 2. The van der Waals surface area contributed by atoms with Gasteiger partial charge in [0.25, 0.3) is 11.8 Å². The molecule has 1 atom stereocenters.